The van der Waals surface area contributed by atoms with Crippen molar-refractivity contribution in [3.63, 3.8) is 0 Å². The molecule has 1 aromatic carbocycles. The van der Waals surface area contributed by atoms with Gasteiger partial charge in [0.15, 0.2) is 11.3 Å². The number of carbonyl (C=O) groups is 1. The number of rotatable bonds is 8. The zero-order valence-corrected chi connectivity index (χ0v) is 22.0. The minimum Gasteiger partial charge on any atom is -0.477 e. The molecule has 0 radical (unpaired) electrons. The molecule has 0 aliphatic carbocycles. The molecule has 7 nitrogen and oxygen atoms in total. The first-order valence-electron chi connectivity index (χ1n) is 13.8. The predicted molar refractivity (Wildman–Crippen MR) is 144 cm³/mol. The van der Waals surface area contributed by atoms with Gasteiger partial charge in [-0.2, -0.15) is 5.10 Å². The second-order valence-corrected chi connectivity index (χ2v) is 10.9. The van der Waals surface area contributed by atoms with Gasteiger partial charge in [-0.05, 0) is 100 Å². The molecule has 0 spiro atoms. The maximum Gasteiger partial charge on any atom is 0.354 e. The third-order valence-electron chi connectivity index (χ3n) is 7.97. The molecule has 198 valence electrons. The Morgan fingerprint density at radius 2 is 1.78 bits per heavy atom. The van der Waals surface area contributed by atoms with Crippen LogP contribution in [0.4, 0.5) is 10.1 Å². The lowest BCUT2D eigenvalue weighted by molar-refractivity contribution is 0.0691. The third-order valence-corrected chi connectivity index (χ3v) is 7.97. The van der Waals surface area contributed by atoms with E-state index in [2.05, 4.69) is 28.6 Å². The molecule has 2 aliphatic heterocycles. The number of fused-ring (bicyclic) bond motifs is 1. The fourth-order valence-electron chi connectivity index (χ4n) is 5.90. The summed E-state index contributed by atoms with van der Waals surface area (Å²) in [6, 6.07) is 7.78. The highest BCUT2D eigenvalue weighted by molar-refractivity contribution is 5.98. The normalized spacial score (nSPS) is 17.7. The number of hydrogen-bond donors (Lipinski definition) is 1. The molecule has 8 heteroatoms. The molecular formula is C29H38FN5O2. The van der Waals surface area contributed by atoms with Crippen molar-refractivity contribution in [1.82, 2.24) is 19.7 Å². The number of piperidine rings is 2. The molecule has 3 aromatic rings. The third kappa shape index (κ3) is 5.64. The van der Waals surface area contributed by atoms with E-state index in [9.17, 15) is 14.3 Å². The molecular weight excluding hydrogens is 469 g/mol. The molecule has 5 rings (SSSR count). The number of halogens is 1. The Hall–Kier alpha value is -3.00. The molecule has 2 fully saturated rings. The van der Waals surface area contributed by atoms with E-state index in [1.54, 1.807) is 22.9 Å². The second kappa shape index (κ2) is 11.2. The number of pyridine rings is 1. The van der Waals surface area contributed by atoms with Crippen LogP contribution in [0.25, 0.3) is 16.7 Å². The van der Waals surface area contributed by atoms with Gasteiger partial charge < -0.3 is 14.9 Å². The summed E-state index contributed by atoms with van der Waals surface area (Å²) < 4.78 is 15.3. The van der Waals surface area contributed by atoms with Crippen molar-refractivity contribution in [2.24, 2.45) is 5.92 Å². The van der Waals surface area contributed by atoms with Crippen LogP contribution in [0.2, 0.25) is 0 Å². The number of anilines is 1. The first kappa shape index (κ1) is 25.6. The van der Waals surface area contributed by atoms with Crippen LogP contribution in [-0.4, -0.2) is 63.5 Å². The van der Waals surface area contributed by atoms with Crippen molar-refractivity contribution in [1.29, 1.82) is 0 Å². The summed E-state index contributed by atoms with van der Waals surface area (Å²) in [4.78, 5) is 21.5. The Morgan fingerprint density at radius 1 is 1.08 bits per heavy atom. The minimum atomic E-state index is -1.06. The van der Waals surface area contributed by atoms with E-state index in [4.69, 9.17) is 5.10 Å². The van der Waals surface area contributed by atoms with Crippen LogP contribution >= 0.6 is 0 Å². The zero-order valence-electron chi connectivity index (χ0n) is 22.0. The number of likely N-dealkylation sites (tertiary alicyclic amines) is 1. The SMILES string of the molecule is CC(C)c1nn(-c2ccc(F)cc2)c2nc(C(=O)O)cc(N3CCC(CCCN4CCCCC4)CC3)c12. The molecule has 4 heterocycles. The van der Waals surface area contributed by atoms with Crippen LogP contribution in [0.5, 0.6) is 0 Å². The Morgan fingerprint density at radius 3 is 2.43 bits per heavy atom. The van der Waals surface area contributed by atoms with Gasteiger partial charge in [0.25, 0.3) is 0 Å². The number of nitrogens with zero attached hydrogens (tertiary/aromatic N) is 5. The Labute approximate surface area is 218 Å². The molecule has 1 N–H and O–H groups in total. The maximum atomic E-state index is 13.6. The van der Waals surface area contributed by atoms with E-state index in [1.807, 2.05) is 0 Å². The van der Waals surface area contributed by atoms with Crippen molar-refractivity contribution >= 4 is 22.7 Å². The summed E-state index contributed by atoms with van der Waals surface area (Å²) >= 11 is 0. The number of carboxylic acid groups (broad SMARTS) is 1. The topological polar surface area (TPSA) is 74.5 Å². The number of aromatic nitrogens is 3. The molecule has 2 saturated heterocycles. The standard InChI is InChI=1S/C29H38FN5O2/c1-20(2)27-26-25(34-17-12-21(13-18-34)7-6-16-33-14-4-3-5-15-33)19-24(29(36)37)31-28(26)35(32-27)23-10-8-22(30)9-11-23/h8-11,19-21H,3-7,12-18H2,1-2H3,(H,36,37). The highest BCUT2D eigenvalue weighted by atomic mass is 19.1. The number of carboxylic acids is 1. The molecule has 0 bridgehead atoms. The first-order chi connectivity index (χ1) is 17.9. The molecule has 2 aliphatic rings. The molecule has 0 amide bonds. The van der Waals surface area contributed by atoms with Gasteiger partial charge in [0.1, 0.15) is 5.82 Å². The molecule has 0 saturated carbocycles. The summed E-state index contributed by atoms with van der Waals surface area (Å²) in [7, 11) is 0. The lowest BCUT2D eigenvalue weighted by Crippen LogP contribution is -2.35. The van der Waals surface area contributed by atoms with E-state index in [0.717, 1.165) is 42.7 Å². The van der Waals surface area contributed by atoms with E-state index in [-0.39, 0.29) is 17.4 Å². The van der Waals surface area contributed by atoms with Crippen LogP contribution in [0.3, 0.4) is 0 Å². The van der Waals surface area contributed by atoms with Gasteiger partial charge in [-0.25, -0.2) is 18.9 Å². The summed E-state index contributed by atoms with van der Waals surface area (Å²) in [5.74, 6) is -0.562. The van der Waals surface area contributed by atoms with Crippen molar-refractivity contribution in [3.05, 3.63) is 47.5 Å². The van der Waals surface area contributed by atoms with E-state index < -0.39 is 5.97 Å². The maximum absolute atomic E-state index is 13.6. The highest BCUT2D eigenvalue weighted by Gasteiger charge is 2.27. The monoisotopic (exact) mass is 507 g/mol. The first-order valence-corrected chi connectivity index (χ1v) is 13.8. The molecule has 0 unspecified atom stereocenters. The fourth-order valence-corrected chi connectivity index (χ4v) is 5.90. The van der Waals surface area contributed by atoms with E-state index in [1.165, 1.54) is 63.9 Å². The average molecular weight is 508 g/mol. The predicted octanol–water partition coefficient (Wildman–Crippen LogP) is 5.86. The van der Waals surface area contributed by atoms with Crippen LogP contribution in [0.1, 0.15) is 80.9 Å². The minimum absolute atomic E-state index is 0.00437. The summed E-state index contributed by atoms with van der Waals surface area (Å²) in [5.41, 5.74) is 2.94. The van der Waals surface area contributed by atoms with E-state index in [0.29, 0.717) is 17.3 Å². The van der Waals surface area contributed by atoms with Gasteiger partial charge in [-0.3, -0.25) is 0 Å². The Kier molecular flexibility index (Phi) is 7.74. The van der Waals surface area contributed by atoms with Crippen molar-refractivity contribution in [3.8, 4) is 5.69 Å². The van der Waals surface area contributed by atoms with Gasteiger partial charge in [-0.1, -0.05) is 20.3 Å². The van der Waals surface area contributed by atoms with E-state index >= 15 is 0 Å². The Balaban J connectivity index is 1.40. The average Bonchev–Trinajstić information content (AvgIpc) is 3.30. The van der Waals surface area contributed by atoms with Gasteiger partial charge >= 0.3 is 5.97 Å². The van der Waals surface area contributed by atoms with Gasteiger partial charge in [0.2, 0.25) is 0 Å². The van der Waals surface area contributed by atoms with Crippen LogP contribution in [0.15, 0.2) is 30.3 Å². The molecule has 37 heavy (non-hydrogen) atoms. The molecule has 2 aromatic heterocycles. The van der Waals surface area contributed by atoms with Crippen LogP contribution < -0.4 is 4.90 Å². The summed E-state index contributed by atoms with van der Waals surface area (Å²) in [6.45, 7) is 9.68. The van der Waals surface area contributed by atoms with Crippen LogP contribution in [0, 0.1) is 11.7 Å². The van der Waals surface area contributed by atoms with Gasteiger partial charge in [0, 0.05) is 13.1 Å². The highest BCUT2D eigenvalue weighted by Crippen LogP contribution is 2.37. The Bertz CT molecular complexity index is 1230. The largest absolute Gasteiger partial charge is 0.477 e. The molecule has 0 atom stereocenters. The van der Waals surface area contributed by atoms with Crippen molar-refractivity contribution < 1.29 is 14.3 Å². The van der Waals surface area contributed by atoms with Gasteiger partial charge in [0.05, 0.1) is 22.5 Å². The smallest absolute Gasteiger partial charge is 0.354 e. The number of benzene rings is 1. The van der Waals surface area contributed by atoms with Gasteiger partial charge in [-0.15, -0.1) is 0 Å². The van der Waals surface area contributed by atoms with Crippen molar-refractivity contribution in [2.45, 2.75) is 64.7 Å². The summed E-state index contributed by atoms with van der Waals surface area (Å²) in [6.07, 6.45) is 8.79. The lowest BCUT2D eigenvalue weighted by atomic mass is 9.91. The number of hydrogen-bond acceptors (Lipinski definition) is 5. The summed E-state index contributed by atoms with van der Waals surface area (Å²) in [5, 5.41) is 15.6. The van der Waals surface area contributed by atoms with Crippen molar-refractivity contribution in [2.75, 3.05) is 37.6 Å². The number of aromatic carboxylic acids is 1. The van der Waals surface area contributed by atoms with Crippen LogP contribution in [-0.2, 0) is 0 Å². The lowest BCUT2D eigenvalue weighted by Gasteiger charge is -2.35. The zero-order chi connectivity index (χ0) is 25.9. The fraction of sp³-hybridized carbons (Fsp3) is 0.552. The quantitative estimate of drug-likeness (QED) is 0.411. The second-order valence-electron chi connectivity index (χ2n) is 10.9.